The molecule has 0 atom stereocenters. The third-order valence-corrected chi connectivity index (χ3v) is 5.15. The first-order valence-electron chi connectivity index (χ1n) is 9.23. The average Bonchev–Trinajstić information content (AvgIpc) is 3.00. The minimum Gasteiger partial charge on any atom is -0.417 e. The fourth-order valence-electron chi connectivity index (χ4n) is 3.83. The highest BCUT2D eigenvalue weighted by Crippen LogP contribution is 2.43. The predicted molar refractivity (Wildman–Crippen MR) is 101 cm³/mol. The Morgan fingerprint density at radius 3 is 2.69 bits per heavy atom. The first-order valence-corrected chi connectivity index (χ1v) is 9.23. The maximum absolute atomic E-state index is 13.1. The van der Waals surface area contributed by atoms with Gasteiger partial charge in [-0.15, -0.1) is 0 Å². The summed E-state index contributed by atoms with van der Waals surface area (Å²) in [6, 6.07) is 5.16. The molecule has 3 aromatic rings. The highest BCUT2D eigenvalue weighted by molar-refractivity contribution is 5.92. The van der Waals surface area contributed by atoms with Gasteiger partial charge in [-0.25, -0.2) is 18.7 Å². The van der Waals surface area contributed by atoms with Crippen LogP contribution in [0.5, 0.6) is 5.88 Å². The van der Waals surface area contributed by atoms with E-state index in [4.69, 9.17) is 0 Å². The van der Waals surface area contributed by atoms with E-state index in [1.807, 2.05) is 22.9 Å². The molecule has 0 bridgehead atoms. The smallest absolute Gasteiger partial charge is 0.388 e. The van der Waals surface area contributed by atoms with Gasteiger partial charge in [0.2, 0.25) is 11.8 Å². The van der Waals surface area contributed by atoms with Gasteiger partial charge in [0, 0.05) is 43.2 Å². The molecule has 0 amide bonds. The van der Waals surface area contributed by atoms with Crippen LogP contribution in [0.15, 0.2) is 30.6 Å². The lowest BCUT2D eigenvalue weighted by atomic mass is 9.81. The summed E-state index contributed by atoms with van der Waals surface area (Å²) in [5.41, 5.74) is 2.72. The minimum atomic E-state index is -2.94. The van der Waals surface area contributed by atoms with Crippen LogP contribution in [-0.4, -0.2) is 27.1 Å². The van der Waals surface area contributed by atoms with Crippen LogP contribution in [0.25, 0.3) is 10.9 Å². The molecular formula is C20H20F4N4O. The van der Waals surface area contributed by atoms with E-state index < -0.39 is 12.5 Å². The van der Waals surface area contributed by atoms with Crippen LogP contribution >= 0.6 is 0 Å². The van der Waals surface area contributed by atoms with Gasteiger partial charge in [0.15, 0.2) is 0 Å². The molecule has 4 rings (SSSR count). The molecule has 0 saturated heterocycles. The highest BCUT2D eigenvalue weighted by atomic mass is 19.3. The molecule has 3 heterocycles. The molecule has 1 aliphatic rings. The van der Waals surface area contributed by atoms with Gasteiger partial charge in [-0.1, -0.05) is 0 Å². The highest BCUT2D eigenvalue weighted by Gasteiger charge is 2.45. The molecule has 0 unspecified atom stereocenters. The van der Waals surface area contributed by atoms with Crippen molar-refractivity contribution in [2.24, 2.45) is 5.92 Å². The Kier molecular flexibility index (Phi) is 4.84. The summed E-state index contributed by atoms with van der Waals surface area (Å²) in [6.07, 6.45) is 3.34. The van der Waals surface area contributed by atoms with Crippen LogP contribution in [-0.2, 0) is 6.54 Å². The van der Waals surface area contributed by atoms with Crippen LogP contribution in [0, 0.1) is 19.8 Å². The topological polar surface area (TPSA) is 52.0 Å². The molecule has 1 fully saturated rings. The number of alkyl halides is 4. The third kappa shape index (κ3) is 3.99. The van der Waals surface area contributed by atoms with Crippen molar-refractivity contribution in [3.05, 3.63) is 41.9 Å². The lowest BCUT2D eigenvalue weighted by Crippen LogP contribution is -2.37. The maximum Gasteiger partial charge on any atom is 0.388 e. The lowest BCUT2D eigenvalue weighted by Gasteiger charge is -2.35. The number of nitrogens with zero attached hydrogens (tertiary/aromatic N) is 3. The number of pyridine rings is 2. The number of anilines is 2. The molecule has 9 heteroatoms. The molecule has 5 nitrogen and oxygen atoms in total. The maximum atomic E-state index is 13.1. The largest absolute Gasteiger partial charge is 0.417 e. The zero-order valence-corrected chi connectivity index (χ0v) is 15.9. The second kappa shape index (κ2) is 7.20. The number of ether oxygens (including phenoxy) is 1. The number of nitrogens with one attached hydrogen (secondary N) is 1. The fraction of sp³-hybridized carbons (Fsp3) is 0.400. The second-order valence-electron chi connectivity index (χ2n) is 7.43. The Morgan fingerprint density at radius 2 is 2.03 bits per heavy atom. The Balaban J connectivity index is 1.59. The predicted octanol–water partition coefficient (Wildman–Crippen LogP) is 5.44. The number of aryl methyl sites for hydroxylation is 2. The zero-order chi connectivity index (χ0) is 20.8. The molecule has 1 saturated carbocycles. The molecule has 1 aliphatic carbocycles. The number of hydrogen-bond acceptors (Lipinski definition) is 4. The van der Waals surface area contributed by atoms with Crippen LogP contribution in [0.3, 0.4) is 0 Å². The van der Waals surface area contributed by atoms with Gasteiger partial charge < -0.3 is 14.6 Å². The van der Waals surface area contributed by atoms with Crippen molar-refractivity contribution in [3.8, 4) is 5.88 Å². The van der Waals surface area contributed by atoms with Gasteiger partial charge >= 0.3 is 6.61 Å². The van der Waals surface area contributed by atoms with Gasteiger partial charge in [-0.3, -0.25) is 0 Å². The molecule has 0 aromatic carbocycles. The van der Waals surface area contributed by atoms with E-state index in [9.17, 15) is 17.6 Å². The SMILES string of the molecule is Cc1cc(OC(F)F)nc(C)c1Nc1nccc2c1ccn2CC1CC(F)(F)C1. The second-order valence-corrected chi connectivity index (χ2v) is 7.43. The van der Waals surface area contributed by atoms with Gasteiger partial charge in [0.1, 0.15) is 5.82 Å². The van der Waals surface area contributed by atoms with E-state index in [-0.39, 0.29) is 24.6 Å². The summed E-state index contributed by atoms with van der Waals surface area (Å²) in [7, 11) is 0. The quantitative estimate of drug-likeness (QED) is 0.552. The summed E-state index contributed by atoms with van der Waals surface area (Å²) in [4.78, 5) is 8.44. The summed E-state index contributed by atoms with van der Waals surface area (Å²) < 4.78 is 57.5. The summed E-state index contributed by atoms with van der Waals surface area (Å²) >= 11 is 0. The summed E-state index contributed by atoms with van der Waals surface area (Å²) in [5, 5.41) is 4.06. The number of aromatic nitrogens is 3. The van der Waals surface area contributed by atoms with Crippen molar-refractivity contribution < 1.29 is 22.3 Å². The summed E-state index contributed by atoms with van der Waals surface area (Å²) in [6.45, 7) is 1.04. The van der Waals surface area contributed by atoms with E-state index in [1.165, 1.54) is 6.07 Å². The van der Waals surface area contributed by atoms with E-state index >= 15 is 0 Å². The Labute approximate surface area is 164 Å². The number of rotatable bonds is 6. The van der Waals surface area contributed by atoms with E-state index in [1.54, 1.807) is 20.0 Å². The number of halogens is 4. The standard InChI is InChI=1S/C20H20F4N4O/c1-11-7-16(29-19(21)22)26-12(2)17(11)27-18-14-4-6-28(15(14)3-5-25-18)10-13-8-20(23,24)9-13/h3-7,13,19H,8-10H2,1-2H3,(H,25,27). The minimum absolute atomic E-state index is 0.0405. The Hall–Kier alpha value is -2.84. The van der Waals surface area contributed by atoms with Crippen molar-refractivity contribution in [1.29, 1.82) is 0 Å². The number of hydrogen-bond donors (Lipinski definition) is 1. The third-order valence-electron chi connectivity index (χ3n) is 5.15. The molecular weight excluding hydrogens is 388 g/mol. The van der Waals surface area contributed by atoms with Gasteiger partial charge in [0.05, 0.1) is 16.9 Å². The van der Waals surface area contributed by atoms with Crippen molar-refractivity contribution in [3.63, 3.8) is 0 Å². The van der Waals surface area contributed by atoms with Crippen LogP contribution < -0.4 is 10.1 Å². The van der Waals surface area contributed by atoms with Crippen molar-refractivity contribution in [1.82, 2.24) is 14.5 Å². The Bertz CT molecular complexity index is 1020. The zero-order valence-electron chi connectivity index (χ0n) is 15.9. The van der Waals surface area contributed by atoms with Crippen LogP contribution in [0.2, 0.25) is 0 Å². The molecule has 154 valence electrons. The molecule has 0 radical (unpaired) electrons. The Morgan fingerprint density at radius 1 is 1.28 bits per heavy atom. The fourth-order valence-corrected chi connectivity index (χ4v) is 3.83. The molecule has 3 aromatic heterocycles. The molecule has 29 heavy (non-hydrogen) atoms. The van der Waals surface area contributed by atoms with Crippen molar-refractivity contribution in [2.45, 2.75) is 45.8 Å². The number of fused-ring (bicyclic) bond motifs is 1. The first-order chi connectivity index (χ1) is 13.7. The van der Waals surface area contributed by atoms with Crippen molar-refractivity contribution >= 4 is 22.4 Å². The van der Waals surface area contributed by atoms with Gasteiger partial charge in [-0.05, 0) is 37.5 Å². The lowest BCUT2D eigenvalue weighted by molar-refractivity contribution is -0.113. The van der Waals surface area contributed by atoms with E-state index in [0.29, 0.717) is 29.3 Å². The summed E-state index contributed by atoms with van der Waals surface area (Å²) in [5.74, 6) is -2.14. The van der Waals surface area contributed by atoms with Crippen molar-refractivity contribution in [2.75, 3.05) is 5.32 Å². The molecule has 0 aliphatic heterocycles. The monoisotopic (exact) mass is 408 g/mol. The first kappa shape index (κ1) is 19.5. The van der Waals surface area contributed by atoms with Crippen LogP contribution in [0.1, 0.15) is 24.1 Å². The van der Waals surface area contributed by atoms with Crippen LogP contribution in [0.4, 0.5) is 29.1 Å². The molecule has 0 spiro atoms. The van der Waals surface area contributed by atoms with Gasteiger partial charge in [-0.2, -0.15) is 8.78 Å². The van der Waals surface area contributed by atoms with E-state index in [0.717, 1.165) is 10.9 Å². The van der Waals surface area contributed by atoms with Gasteiger partial charge in [0.25, 0.3) is 0 Å². The van der Waals surface area contributed by atoms with E-state index in [2.05, 4.69) is 20.0 Å². The molecule has 1 N–H and O–H groups in total. The normalized spacial score (nSPS) is 16.2. The average molecular weight is 408 g/mol.